The Bertz CT molecular complexity index is 261. The van der Waals surface area contributed by atoms with E-state index in [-0.39, 0.29) is 0 Å². The molecule has 0 atom stereocenters. The van der Waals surface area contributed by atoms with Crippen molar-refractivity contribution in [2.75, 3.05) is 11.9 Å². The first-order chi connectivity index (χ1) is 6.72. The minimum Gasteiger partial charge on any atom is -0.385 e. The lowest BCUT2D eigenvalue weighted by Gasteiger charge is -2.05. The summed E-state index contributed by atoms with van der Waals surface area (Å²) in [5.41, 5.74) is 0.977. The minimum atomic E-state index is -2.34. The zero-order valence-corrected chi connectivity index (χ0v) is 8.78. The van der Waals surface area contributed by atoms with E-state index in [1.807, 2.05) is 12.1 Å². The molecule has 0 fully saturated rings. The summed E-state index contributed by atoms with van der Waals surface area (Å²) >= 11 is 0.570. The highest BCUT2D eigenvalue weighted by atomic mass is 32.2. The van der Waals surface area contributed by atoms with Crippen molar-refractivity contribution in [3.05, 3.63) is 24.3 Å². The van der Waals surface area contributed by atoms with Crippen LogP contribution in [0.3, 0.4) is 0 Å². The molecule has 0 radical (unpaired) electrons. The molecule has 0 saturated carbocycles. The number of hydrogen-bond donors (Lipinski definition) is 1. The molecule has 0 unspecified atom stereocenters. The number of alkyl halides is 2. The average molecular weight is 217 g/mol. The smallest absolute Gasteiger partial charge is 0.288 e. The van der Waals surface area contributed by atoms with Gasteiger partial charge in [-0.05, 0) is 30.7 Å². The van der Waals surface area contributed by atoms with E-state index in [2.05, 4.69) is 12.2 Å². The summed E-state index contributed by atoms with van der Waals surface area (Å²) in [4.78, 5) is 0.599. The topological polar surface area (TPSA) is 12.0 Å². The maximum atomic E-state index is 12.0. The molecule has 0 aliphatic carbocycles. The van der Waals surface area contributed by atoms with E-state index in [9.17, 15) is 8.78 Å². The van der Waals surface area contributed by atoms with E-state index in [1.54, 1.807) is 12.1 Å². The van der Waals surface area contributed by atoms with Crippen molar-refractivity contribution in [2.45, 2.75) is 24.0 Å². The highest BCUT2D eigenvalue weighted by molar-refractivity contribution is 7.99. The lowest BCUT2D eigenvalue weighted by molar-refractivity contribution is 0.252. The van der Waals surface area contributed by atoms with Crippen molar-refractivity contribution in [2.24, 2.45) is 0 Å². The quantitative estimate of drug-likeness (QED) is 0.752. The van der Waals surface area contributed by atoms with Crippen LogP contribution >= 0.6 is 11.8 Å². The van der Waals surface area contributed by atoms with Gasteiger partial charge in [-0.2, -0.15) is 8.78 Å². The fourth-order valence-corrected chi connectivity index (χ4v) is 1.52. The largest absolute Gasteiger partial charge is 0.385 e. The zero-order valence-electron chi connectivity index (χ0n) is 7.97. The number of nitrogens with one attached hydrogen (secondary N) is 1. The molecule has 0 spiro atoms. The van der Waals surface area contributed by atoms with Crippen LogP contribution in [0.2, 0.25) is 0 Å². The third-order valence-electron chi connectivity index (χ3n) is 1.66. The van der Waals surface area contributed by atoms with Gasteiger partial charge < -0.3 is 5.32 Å². The number of rotatable bonds is 5. The van der Waals surface area contributed by atoms with Gasteiger partial charge in [0.2, 0.25) is 0 Å². The van der Waals surface area contributed by atoms with Crippen molar-refractivity contribution in [3.8, 4) is 0 Å². The first-order valence-corrected chi connectivity index (χ1v) is 5.39. The van der Waals surface area contributed by atoms with E-state index in [0.717, 1.165) is 18.7 Å². The minimum absolute atomic E-state index is 0.570. The van der Waals surface area contributed by atoms with Crippen LogP contribution in [0, 0.1) is 0 Å². The molecule has 0 aliphatic heterocycles. The summed E-state index contributed by atoms with van der Waals surface area (Å²) in [5, 5.41) is 3.18. The number of hydrogen-bond acceptors (Lipinski definition) is 2. The van der Waals surface area contributed by atoms with E-state index in [1.165, 1.54) is 0 Å². The molecule has 1 rings (SSSR count). The molecule has 0 bridgehead atoms. The Morgan fingerprint density at radius 1 is 1.29 bits per heavy atom. The Morgan fingerprint density at radius 2 is 1.93 bits per heavy atom. The molecular formula is C10H13F2NS. The first-order valence-electron chi connectivity index (χ1n) is 4.51. The summed E-state index contributed by atoms with van der Waals surface area (Å²) in [6.45, 7) is 2.98. The monoisotopic (exact) mass is 217 g/mol. The standard InChI is InChI=1S/C10H13F2NS/c1-2-7-13-8-3-5-9(6-4-8)14-10(11)12/h3-6,10,13H,2,7H2,1H3. The molecule has 1 N–H and O–H groups in total. The number of thioether (sulfide) groups is 1. The van der Waals surface area contributed by atoms with Gasteiger partial charge in [0.05, 0.1) is 0 Å². The SMILES string of the molecule is CCCNc1ccc(SC(F)F)cc1. The molecule has 1 nitrogen and oxygen atoms in total. The normalized spacial score (nSPS) is 10.6. The number of benzene rings is 1. The summed E-state index contributed by atoms with van der Waals surface area (Å²) < 4.78 is 23.9. The van der Waals surface area contributed by atoms with Crippen LogP contribution in [0.4, 0.5) is 14.5 Å². The third-order valence-corrected chi connectivity index (χ3v) is 2.38. The van der Waals surface area contributed by atoms with Crippen LogP contribution in [-0.4, -0.2) is 12.3 Å². The summed E-state index contributed by atoms with van der Waals surface area (Å²) in [7, 11) is 0. The van der Waals surface area contributed by atoms with Gasteiger partial charge >= 0.3 is 0 Å². The second-order valence-corrected chi connectivity index (χ2v) is 3.89. The summed E-state index contributed by atoms with van der Waals surface area (Å²) in [6.07, 6.45) is 1.05. The maximum Gasteiger partial charge on any atom is 0.288 e. The van der Waals surface area contributed by atoms with Crippen LogP contribution in [0.1, 0.15) is 13.3 Å². The summed E-state index contributed by atoms with van der Waals surface area (Å²) in [5.74, 6) is -2.34. The van der Waals surface area contributed by atoms with Crippen LogP contribution in [0.15, 0.2) is 29.2 Å². The first kappa shape index (κ1) is 11.3. The molecule has 1 aromatic carbocycles. The molecule has 0 aliphatic rings. The van der Waals surface area contributed by atoms with Gasteiger partial charge in [-0.1, -0.05) is 18.7 Å². The molecular weight excluding hydrogens is 204 g/mol. The molecule has 14 heavy (non-hydrogen) atoms. The highest BCUT2D eigenvalue weighted by Crippen LogP contribution is 2.25. The van der Waals surface area contributed by atoms with Crippen LogP contribution in [0.25, 0.3) is 0 Å². The molecule has 4 heteroatoms. The Morgan fingerprint density at radius 3 is 2.43 bits per heavy atom. The van der Waals surface area contributed by atoms with Crippen LogP contribution in [-0.2, 0) is 0 Å². The molecule has 0 amide bonds. The van der Waals surface area contributed by atoms with Crippen molar-refractivity contribution < 1.29 is 8.78 Å². The second kappa shape index (κ2) is 5.86. The van der Waals surface area contributed by atoms with Gasteiger partial charge in [-0.15, -0.1) is 0 Å². The fraction of sp³-hybridized carbons (Fsp3) is 0.400. The third kappa shape index (κ3) is 3.96. The molecule has 0 heterocycles. The van der Waals surface area contributed by atoms with Crippen LogP contribution in [0.5, 0.6) is 0 Å². The molecule has 78 valence electrons. The summed E-state index contributed by atoms with van der Waals surface area (Å²) in [6, 6.07) is 7.05. The van der Waals surface area contributed by atoms with Gasteiger partial charge in [-0.25, -0.2) is 0 Å². The predicted octanol–water partition coefficient (Wildman–Crippen LogP) is 3.82. The Labute approximate surface area is 86.9 Å². The van der Waals surface area contributed by atoms with E-state index in [4.69, 9.17) is 0 Å². The lowest BCUT2D eigenvalue weighted by atomic mass is 10.3. The number of anilines is 1. The maximum absolute atomic E-state index is 12.0. The van der Waals surface area contributed by atoms with Crippen molar-refractivity contribution >= 4 is 17.4 Å². The predicted molar refractivity (Wildman–Crippen MR) is 57.1 cm³/mol. The average Bonchev–Trinajstić information content (AvgIpc) is 2.16. The Balaban J connectivity index is 2.50. The van der Waals surface area contributed by atoms with Crippen LogP contribution < -0.4 is 5.32 Å². The van der Waals surface area contributed by atoms with Crippen molar-refractivity contribution in [3.63, 3.8) is 0 Å². The van der Waals surface area contributed by atoms with Crippen molar-refractivity contribution in [1.82, 2.24) is 0 Å². The Kier molecular flexibility index (Phi) is 4.73. The molecule has 0 aromatic heterocycles. The van der Waals surface area contributed by atoms with Gasteiger partial charge in [0.1, 0.15) is 0 Å². The molecule has 1 aromatic rings. The second-order valence-electron chi connectivity index (χ2n) is 2.83. The van der Waals surface area contributed by atoms with E-state index < -0.39 is 5.76 Å². The molecule has 0 saturated heterocycles. The number of halogens is 2. The fourth-order valence-electron chi connectivity index (χ4n) is 1.02. The van der Waals surface area contributed by atoms with Gasteiger partial charge in [0, 0.05) is 17.1 Å². The van der Waals surface area contributed by atoms with E-state index >= 15 is 0 Å². The van der Waals surface area contributed by atoms with Crippen molar-refractivity contribution in [1.29, 1.82) is 0 Å². The van der Waals surface area contributed by atoms with Gasteiger partial charge in [-0.3, -0.25) is 0 Å². The van der Waals surface area contributed by atoms with Gasteiger partial charge in [0.15, 0.2) is 0 Å². The zero-order chi connectivity index (χ0) is 10.4. The van der Waals surface area contributed by atoms with Gasteiger partial charge in [0.25, 0.3) is 5.76 Å². The lowest BCUT2D eigenvalue weighted by Crippen LogP contribution is -1.98. The Hall–Kier alpha value is -0.770. The highest BCUT2D eigenvalue weighted by Gasteiger charge is 2.04. The van der Waals surface area contributed by atoms with E-state index in [0.29, 0.717) is 16.7 Å².